The summed E-state index contributed by atoms with van der Waals surface area (Å²) < 4.78 is 23.3. The van der Waals surface area contributed by atoms with Crippen molar-refractivity contribution in [2.75, 3.05) is 76.1 Å². The minimum absolute atomic E-state index is 0.0204. The number of nitrogens with one attached hydrogen (secondary N) is 1. The fourth-order valence-electron chi connectivity index (χ4n) is 10.2. The van der Waals surface area contributed by atoms with E-state index in [9.17, 15) is 14.7 Å². The number of aliphatic hydroxyl groups is 1. The molecule has 0 radical (unpaired) electrons. The Balaban J connectivity index is 1.31. The normalized spacial score (nSPS) is 22.8. The largest absolute Gasteiger partial charge is 0.491 e. The van der Waals surface area contributed by atoms with Crippen molar-refractivity contribution in [2.45, 2.75) is 29.6 Å². The number of methoxy groups -OCH3 is 1. The number of hydrogen-bond donors (Lipinski definition) is 3. The van der Waals surface area contributed by atoms with Gasteiger partial charge in [-0.15, -0.1) is 0 Å². The average Bonchev–Trinajstić information content (AvgIpc) is 3.84. The molecule has 0 bridgehead atoms. The molecule has 354 valence electrons. The minimum atomic E-state index is -2.06. The average molecular weight is 935 g/mol. The second-order valence-electron chi connectivity index (χ2n) is 16.8. The van der Waals surface area contributed by atoms with E-state index in [-0.39, 0.29) is 57.3 Å². The number of urea groups is 1. The SMILES string of the molecule is COCCOC(=O)N1C(=O)C2(c3cc(C#CCNC(N)=O)ccc31)C(C(=O)N1CCN(c3ncccn3)CC1)C1C(=O)OC(c3ccccc3)C(c3ccccc3)N1C2c1ccc(OCCO)cc1. The third-order valence-corrected chi connectivity index (χ3v) is 13.0. The van der Waals surface area contributed by atoms with Crippen LogP contribution in [0.25, 0.3) is 0 Å². The number of rotatable bonds is 12. The number of amides is 5. The summed E-state index contributed by atoms with van der Waals surface area (Å²) in [7, 11) is 1.45. The number of ether oxygens (including phenoxy) is 4. The van der Waals surface area contributed by atoms with Crippen LogP contribution in [-0.2, 0) is 34.0 Å². The number of cyclic esters (lactones) is 1. The first-order valence-electron chi connectivity index (χ1n) is 22.6. The molecule has 4 aromatic carbocycles. The summed E-state index contributed by atoms with van der Waals surface area (Å²) >= 11 is 0. The van der Waals surface area contributed by atoms with Gasteiger partial charge in [-0.2, -0.15) is 0 Å². The van der Waals surface area contributed by atoms with Crippen LogP contribution in [0.4, 0.5) is 21.2 Å². The van der Waals surface area contributed by atoms with Gasteiger partial charge in [-0.25, -0.2) is 24.5 Å². The number of piperazine rings is 1. The zero-order valence-corrected chi connectivity index (χ0v) is 37.7. The predicted octanol–water partition coefficient (Wildman–Crippen LogP) is 3.66. The molecule has 4 aliphatic rings. The van der Waals surface area contributed by atoms with Crippen molar-refractivity contribution < 1.29 is 48.0 Å². The molecule has 3 fully saturated rings. The van der Waals surface area contributed by atoms with Crippen LogP contribution in [0, 0.1) is 17.8 Å². The molecule has 69 heavy (non-hydrogen) atoms. The Morgan fingerprint density at radius 1 is 0.841 bits per heavy atom. The highest BCUT2D eigenvalue weighted by Gasteiger charge is 2.76. The van der Waals surface area contributed by atoms with E-state index in [4.69, 9.17) is 24.7 Å². The summed E-state index contributed by atoms with van der Waals surface area (Å²) in [5.74, 6) is 3.28. The predicted molar refractivity (Wildman–Crippen MR) is 249 cm³/mol. The molecule has 6 atom stereocenters. The van der Waals surface area contributed by atoms with Crippen LogP contribution in [0.5, 0.6) is 5.75 Å². The van der Waals surface area contributed by atoms with E-state index < -0.39 is 65.5 Å². The third kappa shape index (κ3) is 8.67. The monoisotopic (exact) mass is 934 g/mol. The van der Waals surface area contributed by atoms with Crippen molar-refractivity contribution in [3.05, 3.63) is 149 Å². The highest BCUT2D eigenvalue weighted by atomic mass is 16.6. The first kappa shape index (κ1) is 46.3. The number of imide groups is 1. The van der Waals surface area contributed by atoms with Gasteiger partial charge in [0.05, 0.1) is 43.4 Å². The molecule has 18 heteroatoms. The molecule has 5 amide bonds. The summed E-state index contributed by atoms with van der Waals surface area (Å²) in [6, 6.07) is 28.1. The van der Waals surface area contributed by atoms with Crippen molar-refractivity contribution in [3.63, 3.8) is 0 Å². The van der Waals surface area contributed by atoms with Gasteiger partial charge in [0, 0.05) is 51.2 Å². The Bertz CT molecular complexity index is 2750. The Kier molecular flexibility index (Phi) is 13.5. The summed E-state index contributed by atoms with van der Waals surface area (Å²) in [4.78, 5) is 89.5. The van der Waals surface area contributed by atoms with Gasteiger partial charge in [-0.3, -0.25) is 19.3 Å². The van der Waals surface area contributed by atoms with E-state index in [0.29, 0.717) is 41.5 Å². The number of primary amides is 1. The van der Waals surface area contributed by atoms with Crippen molar-refractivity contribution >= 4 is 41.5 Å². The topological polar surface area (TPSA) is 219 Å². The summed E-state index contributed by atoms with van der Waals surface area (Å²) in [5.41, 5.74) is 5.94. The van der Waals surface area contributed by atoms with Crippen LogP contribution in [0.15, 0.2) is 122 Å². The third-order valence-electron chi connectivity index (χ3n) is 13.0. The molecule has 3 saturated heterocycles. The number of nitrogens with two attached hydrogens (primary N) is 1. The van der Waals surface area contributed by atoms with Gasteiger partial charge in [-0.1, -0.05) is 84.6 Å². The summed E-state index contributed by atoms with van der Waals surface area (Å²) in [6.45, 7) is 0.603. The van der Waals surface area contributed by atoms with Gasteiger partial charge in [0.1, 0.15) is 36.5 Å². The van der Waals surface area contributed by atoms with E-state index in [0.717, 1.165) is 10.5 Å². The number of nitrogens with zero attached hydrogens (tertiary/aromatic N) is 6. The molecule has 5 heterocycles. The van der Waals surface area contributed by atoms with Gasteiger partial charge < -0.3 is 44.9 Å². The van der Waals surface area contributed by atoms with Gasteiger partial charge in [0.2, 0.25) is 17.8 Å². The lowest BCUT2D eigenvalue weighted by molar-refractivity contribution is -0.179. The van der Waals surface area contributed by atoms with Gasteiger partial charge in [0.25, 0.3) is 0 Å². The van der Waals surface area contributed by atoms with Crippen molar-refractivity contribution in [1.82, 2.24) is 25.1 Å². The van der Waals surface area contributed by atoms with Gasteiger partial charge in [-0.05, 0) is 58.7 Å². The molecule has 18 nitrogen and oxygen atoms in total. The van der Waals surface area contributed by atoms with Crippen LogP contribution in [0.2, 0.25) is 0 Å². The smallest absolute Gasteiger partial charge is 0.421 e. The molecule has 0 saturated carbocycles. The lowest BCUT2D eigenvalue weighted by Gasteiger charge is -2.46. The number of anilines is 2. The lowest BCUT2D eigenvalue weighted by Crippen LogP contribution is -2.59. The first-order chi connectivity index (χ1) is 33.7. The number of esters is 1. The molecule has 9 rings (SSSR count). The van der Waals surface area contributed by atoms with Crippen LogP contribution in [0.1, 0.15) is 46.0 Å². The van der Waals surface area contributed by atoms with Gasteiger partial charge >= 0.3 is 18.1 Å². The molecule has 0 aliphatic carbocycles. The highest BCUT2D eigenvalue weighted by molar-refractivity contribution is 6.23. The Morgan fingerprint density at radius 3 is 2.20 bits per heavy atom. The maximum atomic E-state index is 16.4. The minimum Gasteiger partial charge on any atom is -0.491 e. The van der Waals surface area contributed by atoms with Crippen molar-refractivity contribution in [3.8, 4) is 17.6 Å². The molecule has 1 aromatic heterocycles. The Hall–Kier alpha value is -7.85. The number of carbonyl (C=O) groups excluding carboxylic acids is 5. The van der Waals surface area contributed by atoms with E-state index in [2.05, 4.69) is 27.1 Å². The number of carbonyl (C=O) groups is 5. The summed E-state index contributed by atoms with van der Waals surface area (Å²) in [5, 5.41) is 12.1. The number of fused-ring (bicyclic) bond motifs is 3. The second-order valence-corrected chi connectivity index (χ2v) is 16.8. The zero-order valence-electron chi connectivity index (χ0n) is 37.7. The van der Waals surface area contributed by atoms with Crippen molar-refractivity contribution in [2.24, 2.45) is 11.7 Å². The van der Waals surface area contributed by atoms with E-state index in [1.165, 1.54) is 7.11 Å². The van der Waals surface area contributed by atoms with E-state index in [1.54, 1.807) is 65.8 Å². The quantitative estimate of drug-likeness (QED) is 0.0925. The van der Waals surface area contributed by atoms with Crippen LogP contribution in [0.3, 0.4) is 0 Å². The molecular weight excluding hydrogens is 885 g/mol. The highest BCUT2D eigenvalue weighted by Crippen LogP contribution is 2.66. The standard InChI is InChI=1S/C51H50N8O10/c1-66-30-31-68-50(65)58-39-20-15-33(10-8-21-53-48(52)64)32-38(39)51(47(58)63)40(45(61)56-24-26-57(27-25-56)49-54-22-9-23-55-49)42-46(62)69-43(35-13-6-3-7-14-35)41(34-11-4-2-5-12-34)59(42)44(51)36-16-18-37(19-17-36)67-29-28-60/h2-7,9,11-20,22-23,32,40-44,60H,21,24-31H2,1H3,(H3,52,53,64). The molecular formula is C51H50N8O10. The Labute approximate surface area is 397 Å². The molecule has 6 unspecified atom stereocenters. The van der Waals surface area contributed by atoms with E-state index >= 15 is 14.4 Å². The summed E-state index contributed by atoms with van der Waals surface area (Å²) in [6.07, 6.45) is 1.34. The van der Waals surface area contributed by atoms with Crippen molar-refractivity contribution in [1.29, 1.82) is 0 Å². The second kappa shape index (κ2) is 20.2. The maximum absolute atomic E-state index is 16.4. The molecule has 4 aliphatic heterocycles. The first-order valence-corrected chi connectivity index (χ1v) is 22.6. The van der Waals surface area contributed by atoms with E-state index in [1.807, 2.05) is 70.5 Å². The molecule has 4 N–H and O–H groups in total. The van der Waals surface area contributed by atoms with Crippen LogP contribution >= 0.6 is 0 Å². The number of hydrogen-bond acceptors (Lipinski definition) is 14. The fraction of sp³-hybridized carbons (Fsp3) is 0.314. The Morgan fingerprint density at radius 2 is 1.54 bits per heavy atom. The maximum Gasteiger partial charge on any atom is 0.421 e. The lowest BCUT2D eigenvalue weighted by atomic mass is 9.65. The number of morpholine rings is 1. The molecule has 1 spiro atoms. The molecule has 5 aromatic rings. The zero-order chi connectivity index (χ0) is 48.1. The number of benzene rings is 4. The van der Waals surface area contributed by atoms with Crippen LogP contribution in [-0.4, -0.2) is 127 Å². The fourth-order valence-corrected chi connectivity index (χ4v) is 10.2. The van der Waals surface area contributed by atoms with Gasteiger partial charge in [0.15, 0.2) is 0 Å². The van der Waals surface area contributed by atoms with Crippen LogP contribution < -0.4 is 25.6 Å². The number of aromatic nitrogens is 2. The number of aliphatic hydroxyl groups excluding tert-OH is 1.